The Kier molecular flexibility index (Phi) is 3.91. The van der Waals surface area contributed by atoms with Gasteiger partial charge in [-0.15, -0.1) is 0 Å². The quantitative estimate of drug-likeness (QED) is 0.728. The molecule has 1 fully saturated rings. The number of thioether (sulfide) groups is 1. The van der Waals surface area contributed by atoms with Crippen LogP contribution < -0.4 is 5.32 Å². The molecule has 0 amide bonds. The second-order valence-corrected chi connectivity index (χ2v) is 5.47. The summed E-state index contributed by atoms with van der Waals surface area (Å²) >= 11 is 2.09. The summed E-state index contributed by atoms with van der Waals surface area (Å²) in [5.41, 5.74) is 0.514. The molecule has 1 aliphatic rings. The third kappa shape index (κ3) is 2.67. The zero-order valence-electron chi connectivity index (χ0n) is 8.52. The lowest BCUT2D eigenvalue weighted by atomic mass is 9.82. The van der Waals surface area contributed by atoms with Gasteiger partial charge < -0.3 is 5.32 Å². The number of nitrogens with one attached hydrogen (secondary N) is 1. The molecule has 1 saturated heterocycles. The second-order valence-electron chi connectivity index (χ2n) is 4.32. The van der Waals surface area contributed by atoms with Gasteiger partial charge in [-0.25, -0.2) is 0 Å². The van der Waals surface area contributed by atoms with Crippen molar-refractivity contribution in [3.8, 4) is 0 Å². The third-order valence-corrected chi connectivity index (χ3v) is 3.82. The Morgan fingerprint density at radius 3 is 2.83 bits per heavy atom. The monoisotopic (exact) mass is 187 g/mol. The van der Waals surface area contributed by atoms with Crippen LogP contribution in [0.2, 0.25) is 0 Å². The molecule has 12 heavy (non-hydrogen) atoms. The van der Waals surface area contributed by atoms with Crippen molar-refractivity contribution in [1.82, 2.24) is 5.32 Å². The lowest BCUT2D eigenvalue weighted by Crippen LogP contribution is -2.46. The van der Waals surface area contributed by atoms with Crippen LogP contribution >= 0.6 is 11.8 Å². The van der Waals surface area contributed by atoms with Gasteiger partial charge in [0.2, 0.25) is 0 Å². The van der Waals surface area contributed by atoms with Gasteiger partial charge in [-0.05, 0) is 30.6 Å². The van der Waals surface area contributed by atoms with Crippen LogP contribution in [-0.2, 0) is 0 Å². The van der Waals surface area contributed by atoms with E-state index in [1.807, 2.05) is 0 Å². The van der Waals surface area contributed by atoms with Crippen LogP contribution in [0.3, 0.4) is 0 Å². The minimum absolute atomic E-state index is 0.514. The fraction of sp³-hybridized carbons (Fsp3) is 1.00. The Bertz CT molecular complexity index is 134. The summed E-state index contributed by atoms with van der Waals surface area (Å²) in [6.07, 6.45) is 2.61. The fourth-order valence-corrected chi connectivity index (χ4v) is 3.23. The van der Waals surface area contributed by atoms with Crippen LogP contribution in [0, 0.1) is 5.41 Å². The molecule has 0 bridgehead atoms. The zero-order chi connectivity index (χ0) is 9.03. The van der Waals surface area contributed by atoms with E-state index in [0.29, 0.717) is 5.41 Å². The van der Waals surface area contributed by atoms with Crippen molar-refractivity contribution in [2.24, 2.45) is 5.41 Å². The molecule has 1 atom stereocenters. The standard InChI is InChI=1S/C10H21NS/c1-4-6-11-9-8-12-7-5-10(9,2)3/h9,11H,4-8H2,1-3H3. The summed E-state index contributed by atoms with van der Waals surface area (Å²) in [4.78, 5) is 0. The summed E-state index contributed by atoms with van der Waals surface area (Å²) in [6.45, 7) is 8.19. The van der Waals surface area contributed by atoms with E-state index in [2.05, 4.69) is 37.8 Å². The van der Waals surface area contributed by atoms with Gasteiger partial charge in [0, 0.05) is 11.8 Å². The maximum atomic E-state index is 3.64. The lowest BCUT2D eigenvalue weighted by Gasteiger charge is -2.38. The second kappa shape index (κ2) is 4.52. The maximum Gasteiger partial charge on any atom is 0.0209 e. The first-order valence-electron chi connectivity index (χ1n) is 4.98. The van der Waals surface area contributed by atoms with Gasteiger partial charge in [0.05, 0.1) is 0 Å². The number of rotatable bonds is 3. The Hall–Kier alpha value is 0.310. The van der Waals surface area contributed by atoms with E-state index in [1.54, 1.807) is 0 Å². The van der Waals surface area contributed by atoms with Crippen molar-refractivity contribution in [1.29, 1.82) is 0 Å². The van der Waals surface area contributed by atoms with E-state index >= 15 is 0 Å². The molecule has 1 rings (SSSR count). The Morgan fingerprint density at radius 1 is 1.50 bits per heavy atom. The molecule has 1 aliphatic heterocycles. The first-order valence-corrected chi connectivity index (χ1v) is 6.13. The molecule has 0 aliphatic carbocycles. The molecule has 0 aromatic carbocycles. The number of hydrogen-bond acceptors (Lipinski definition) is 2. The minimum atomic E-state index is 0.514. The Balaban J connectivity index is 2.37. The third-order valence-electron chi connectivity index (χ3n) is 2.76. The molecule has 1 N–H and O–H groups in total. The van der Waals surface area contributed by atoms with E-state index in [9.17, 15) is 0 Å². The molecule has 0 aromatic heterocycles. The largest absolute Gasteiger partial charge is 0.313 e. The molecule has 0 spiro atoms. The first kappa shape index (κ1) is 10.4. The highest BCUT2D eigenvalue weighted by Crippen LogP contribution is 2.33. The van der Waals surface area contributed by atoms with Gasteiger partial charge in [-0.3, -0.25) is 0 Å². The van der Waals surface area contributed by atoms with Crippen LogP contribution in [0.25, 0.3) is 0 Å². The molecule has 1 heterocycles. The average molecular weight is 187 g/mol. The maximum absolute atomic E-state index is 3.64. The van der Waals surface area contributed by atoms with Crippen molar-refractivity contribution in [3.05, 3.63) is 0 Å². The van der Waals surface area contributed by atoms with Gasteiger partial charge in [-0.1, -0.05) is 20.8 Å². The minimum Gasteiger partial charge on any atom is -0.313 e. The SMILES string of the molecule is CCCNC1CSCCC1(C)C. The van der Waals surface area contributed by atoms with Gasteiger partial charge in [0.1, 0.15) is 0 Å². The molecular weight excluding hydrogens is 166 g/mol. The summed E-state index contributed by atoms with van der Waals surface area (Å²) in [6, 6.07) is 0.733. The van der Waals surface area contributed by atoms with Crippen molar-refractivity contribution in [2.75, 3.05) is 18.1 Å². The van der Waals surface area contributed by atoms with Crippen LogP contribution in [0.15, 0.2) is 0 Å². The van der Waals surface area contributed by atoms with Crippen LogP contribution in [-0.4, -0.2) is 24.1 Å². The van der Waals surface area contributed by atoms with Crippen molar-refractivity contribution in [3.63, 3.8) is 0 Å². The van der Waals surface area contributed by atoms with Crippen LogP contribution in [0.4, 0.5) is 0 Å². The average Bonchev–Trinajstić information content (AvgIpc) is 2.02. The molecule has 72 valence electrons. The first-order chi connectivity index (χ1) is 5.67. The Labute approximate surface area is 80.7 Å². The normalized spacial score (nSPS) is 28.8. The van der Waals surface area contributed by atoms with Crippen molar-refractivity contribution >= 4 is 11.8 Å². The number of hydrogen-bond donors (Lipinski definition) is 1. The zero-order valence-corrected chi connectivity index (χ0v) is 9.34. The van der Waals surface area contributed by atoms with Gasteiger partial charge in [0.15, 0.2) is 0 Å². The van der Waals surface area contributed by atoms with E-state index < -0.39 is 0 Å². The molecule has 1 nitrogen and oxygen atoms in total. The van der Waals surface area contributed by atoms with Crippen molar-refractivity contribution in [2.45, 2.75) is 39.7 Å². The molecule has 0 radical (unpaired) electrons. The van der Waals surface area contributed by atoms with Gasteiger partial charge in [-0.2, -0.15) is 11.8 Å². The molecule has 0 aromatic rings. The highest BCUT2D eigenvalue weighted by molar-refractivity contribution is 7.99. The summed E-state index contributed by atoms with van der Waals surface area (Å²) in [5.74, 6) is 2.64. The Morgan fingerprint density at radius 2 is 2.25 bits per heavy atom. The predicted molar refractivity (Wildman–Crippen MR) is 57.8 cm³/mol. The highest BCUT2D eigenvalue weighted by atomic mass is 32.2. The predicted octanol–water partition coefficient (Wildman–Crippen LogP) is 2.52. The highest BCUT2D eigenvalue weighted by Gasteiger charge is 2.31. The fourth-order valence-electron chi connectivity index (χ4n) is 1.59. The summed E-state index contributed by atoms with van der Waals surface area (Å²) < 4.78 is 0. The summed E-state index contributed by atoms with van der Waals surface area (Å²) in [7, 11) is 0. The van der Waals surface area contributed by atoms with Gasteiger partial charge >= 0.3 is 0 Å². The molecule has 2 heteroatoms. The van der Waals surface area contributed by atoms with Gasteiger partial charge in [0.25, 0.3) is 0 Å². The van der Waals surface area contributed by atoms with Crippen LogP contribution in [0.1, 0.15) is 33.6 Å². The van der Waals surface area contributed by atoms with E-state index in [-0.39, 0.29) is 0 Å². The van der Waals surface area contributed by atoms with E-state index in [4.69, 9.17) is 0 Å². The van der Waals surface area contributed by atoms with Crippen LogP contribution in [0.5, 0.6) is 0 Å². The smallest absolute Gasteiger partial charge is 0.0209 e. The van der Waals surface area contributed by atoms with E-state index in [0.717, 1.165) is 6.04 Å². The topological polar surface area (TPSA) is 12.0 Å². The van der Waals surface area contributed by atoms with Crippen molar-refractivity contribution < 1.29 is 0 Å². The lowest BCUT2D eigenvalue weighted by molar-refractivity contribution is 0.247. The summed E-state index contributed by atoms with van der Waals surface area (Å²) in [5, 5.41) is 3.64. The molecule has 0 saturated carbocycles. The molecule has 1 unspecified atom stereocenters. The van der Waals surface area contributed by atoms with E-state index in [1.165, 1.54) is 30.9 Å². The molecular formula is C10H21NS.